The van der Waals surface area contributed by atoms with Crippen molar-refractivity contribution >= 4 is 9.84 Å². The van der Waals surface area contributed by atoms with Gasteiger partial charge in [-0.15, -0.1) is 0 Å². The van der Waals surface area contributed by atoms with Gasteiger partial charge in [0, 0.05) is 32.8 Å². The smallest absolute Gasteiger partial charge is 0.228 e. The number of rotatable bonds is 10. The lowest BCUT2D eigenvalue weighted by molar-refractivity contribution is 0.119. The van der Waals surface area contributed by atoms with Crippen molar-refractivity contribution < 1.29 is 18.3 Å². The molecule has 8 heteroatoms. The zero-order valence-electron chi connectivity index (χ0n) is 18.5. The van der Waals surface area contributed by atoms with E-state index in [1.165, 1.54) is 6.42 Å². The summed E-state index contributed by atoms with van der Waals surface area (Å²) in [7, 11) is -1.80. The Bertz CT molecular complexity index is 742. The van der Waals surface area contributed by atoms with Gasteiger partial charge >= 0.3 is 0 Å². The summed E-state index contributed by atoms with van der Waals surface area (Å²) in [5.41, 5.74) is 0.954. The van der Waals surface area contributed by atoms with Crippen molar-refractivity contribution in [3.8, 4) is 0 Å². The number of aliphatic hydroxyl groups excluding tert-OH is 1. The monoisotopic (exact) mass is 441 g/mol. The lowest BCUT2D eigenvalue weighted by Crippen LogP contribution is -2.39. The number of likely N-dealkylation sites (tertiary alicyclic amines) is 1. The SMILES string of the molecule is COCCn1c(CN2CCCCC2CCCO)cnc1S(=O)(=O)C1CCCCCC1. The third kappa shape index (κ3) is 5.84. The van der Waals surface area contributed by atoms with E-state index in [2.05, 4.69) is 9.88 Å². The molecular formula is C22H39N3O4S. The summed E-state index contributed by atoms with van der Waals surface area (Å²) in [6.45, 7) is 2.90. The average Bonchev–Trinajstić information content (AvgIpc) is 2.95. The Morgan fingerprint density at radius 1 is 1.13 bits per heavy atom. The molecule has 3 rings (SSSR count). The molecule has 0 spiro atoms. The molecule has 2 aliphatic rings. The Kier molecular flexibility index (Phi) is 9.16. The molecule has 1 aliphatic heterocycles. The minimum absolute atomic E-state index is 0.222. The van der Waals surface area contributed by atoms with Crippen molar-refractivity contribution in [2.45, 2.75) is 100 Å². The van der Waals surface area contributed by atoms with Crippen LogP contribution in [0.3, 0.4) is 0 Å². The van der Waals surface area contributed by atoms with Crippen LogP contribution in [0.5, 0.6) is 0 Å². The summed E-state index contributed by atoms with van der Waals surface area (Å²) >= 11 is 0. The third-order valence-electron chi connectivity index (χ3n) is 6.73. The maximum atomic E-state index is 13.5. The predicted octanol–water partition coefficient (Wildman–Crippen LogP) is 3.15. The second kappa shape index (κ2) is 11.6. The van der Waals surface area contributed by atoms with E-state index >= 15 is 0 Å². The lowest BCUT2D eigenvalue weighted by atomic mass is 9.98. The standard InChI is InChI=1S/C22H39N3O4S/c1-29-16-14-25-20(18-24-13-7-6-9-19(24)10-8-15-26)17-23-22(25)30(27,28)21-11-4-2-3-5-12-21/h17,19,21,26H,2-16,18H2,1H3. The van der Waals surface area contributed by atoms with E-state index in [9.17, 15) is 13.5 Å². The fraction of sp³-hybridized carbons (Fsp3) is 0.864. The predicted molar refractivity (Wildman–Crippen MR) is 117 cm³/mol. The van der Waals surface area contributed by atoms with Gasteiger partial charge in [0.05, 0.1) is 23.7 Å². The quantitative estimate of drug-likeness (QED) is 0.562. The topological polar surface area (TPSA) is 84.7 Å². The van der Waals surface area contributed by atoms with E-state index in [4.69, 9.17) is 4.74 Å². The minimum Gasteiger partial charge on any atom is -0.396 e. The highest BCUT2D eigenvalue weighted by Gasteiger charge is 2.33. The van der Waals surface area contributed by atoms with Gasteiger partial charge in [-0.3, -0.25) is 4.90 Å². The van der Waals surface area contributed by atoms with Gasteiger partial charge in [0.15, 0.2) is 0 Å². The first-order chi connectivity index (χ1) is 14.6. The van der Waals surface area contributed by atoms with E-state index in [1.54, 1.807) is 13.3 Å². The number of ether oxygens (including phenoxy) is 1. The number of sulfone groups is 1. The van der Waals surface area contributed by atoms with Crippen LogP contribution in [-0.2, 0) is 27.7 Å². The van der Waals surface area contributed by atoms with Gasteiger partial charge in [-0.1, -0.05) is 32.1 Å². The van der Waals surface area contributed by atoms with E-state index in [0.717, 1.165) is 76.4 Å². The maximum Gasteiger partial charge on any atom is 0.228 e. The van der Waals surface area contributed by atoms with Gasteiger partial charge in [-0.25, -0.2) is 13.4 Å². The Morgan fingerprint density at radius 3 is 2.57 bits per heavy atom. The molecule has 1 unspecified atom stereocenters. The van der Waals surface area contributed by atoms with E-state index in [1.807, 2.05) is 4.57 Å². The molecule has 7 nitrogen and oxygen atoms in total. The van der Waals surface area contributed by atoms with Crippen LogP contribution in [0.2, 0.25) is 0 Å². The summed E-state index contributed by atoms with van der Waals surface area (Å²) in [6, 6.07) is 0.443. The number of piperidine rings is 1. The first-order valence-electron chi connectivity index (χ1n) is 11.7. The van der Waals surface area contributed by atoms with E-state index in [0.29, 0.717) is 25.7 Å². The molecule has 30 heavy (non-hydrogen) atoms. The van der Waals surface area contributed by atoms with Crippen LogP contribution in [0.15, 0.2) is 11.4 Å². The van der Waals surface area contributed by atoms with E-state index < -0.39 is 9.84 Å². The van der Waals surface area contributed by atoms with Crippen molar-refractivity contribution in [2.24, 2.45) is 0 Å². The van der Waals surface area contributed by atoms with Crippen molar-refractivity contribution in [3.63, 3.8) is 0 Å². The van der Waals surface area contributed by atoms with Gasteiger partial charge in [0.25, 0.3) is 0 Å². The summed E-state index contributed by atoms with van der Waals surface area (Å²) in [6.07, 6.45) is 12.8. The van der Waals surface area contributed by atoms with Crippen LogP contribution in [0.4, 0.5) is 0 Å². The first kappa shape index (κ1) is 23.7. The Hall–Kier alpha value is -0.960. The summed E-state index contributed by atoms with van der Waals surface area (Å²) < 4.78 is 34.1. The fourth-order valence-corrected chi connectivity index (χ4v) is 6.97. The zero-order valence-corrected chi connectivity index (χ0v) is 19.3. The average molecular weight is 442 g/mol. The van der Waals surface area contributed by atoms with Crippen molar-refractivity contribution in [1.29, 1.82) is 0 Å². The molecule has 1 aromatic heterocycles. The molecule has 0 amide bonds. The van der Waals surface area contributed by atoms with Crippen LogP contribution in [0.25, 0.3) is 0 Å². The van der Waals surface area contributed by atoms with Crippen LogP contribution in [-0.4, -0.2) is 66.1 Å². The Morgan fingerprint density at radius 2 is 1.87 bits per heavy atom. The molecular weight excluding hydrogens is 402 g/mol. The normalized spacial score (nSPS) is 22.3. The van der Waals surface area contributed by atoms with Gasteiger partial charge in [0.2, 0.25) is 15.0 Å². The fourth-order valence-electron chi connectivity index (χ4n) is 5.00. The number of methoxy groups -OCH3 is 1. The second-order valence-electron chi connectivity index (χ2n) is 8.82. The molecule has 172 valence electrons. The summed E-state index contributed by atoms with van der Waals surface area (Å²) in [4.78, 5) is 6.90. The third-order valence-corrected chi connectivity index (χ3v) is 8.91. The van der Waals surface area contributed by atoms with Crippen LogP contribution < -0.4 is 0 Å². The highest BCUT2D eigenvalue weighted by molar-refractivity contribution is 7.91. The molecule has 1 aromatic rings. The molecule has 1 aliphatic carbocycles. The van der Waals surface area contributed by atoms with Gasteiger partial charge in [0.1, 0.15) is 0 Å². The molecule has 2 fully saturated rings. The Labute approximate surface area is 181 Å². The van der Waals surface area contributed by atoms with Crippen molar-refractivity contribution in [2.75, 3.05) is 26.9 Å². The highest BCUT2D eigenvalue weighted by atomic mass is 32.2. The maximum absolute atomic E-state index is 13.5. The van der Waals surface area contributed by atoms with Crippen LogP contribution >= 0.6 is 0 Å². The number of aromatic nitrogens is 2. The van der Waals surface area contributed by atoms with Crippen LogP contribution in [0.1, 0.15) is 76.3 Å². The zero-order chi connectivity index (χ0) is 21.4. The number of imidazole rings is 1. The molecule has 1 saturated heterocycles. The Balaban J connectivity index is 1.83. The van der Waals surface area contributed by atoms with Crippen LogP contribution in [0, 0.1) is 0 Å². The number of hydrogen-bond donors (Lipinski definition) is 1. The van der Waals surface area contributed by atoms with Gasteiger partial charge in [-0.05, 0) is 45.1 Å². The molecule has 1 atom stereocenters. The highest BCUT2D eigenvalue weighted by Crippen LogP contribution is 2.29. The van der Waals surface area contributed by atoms with Gasteiger partial charge in [-0.2, -0.15) is 0 Å². The largest absolute Gasteiger partial charge is 0.396 e. The molecule has 1 saturated carbocycles. The molecule has 0 aromatic carbocycles. The molecule has 0 bridgehead atoms. The van der Waals surface area contributed by atoms with E-state index in [-0.39, 0.29) is 17.0 Å². The van der Waals surface area contributed by atoms with Gasteiger partial charge < -0.3 is 14.4 Å². The number of nitrogens with zero attached hydrogens (tertiary/aromatic N) is 3. The molecule has 2 heterocycles. The van der Waals surface area contributed by atoms with Crippen molar-refractivity contribution in [3.05, 3.63) is 11.9 Å². The number of hydrogen-bond acceptors (Lipinski definition) is 6. The number of aliphatic hydroxyl groups is 1. The second-order valence-corrected chi connectivity index (χ2v) is 10.9. The molecule has 1 N–H and O–H groups in total. The minimum atomic E-state index is -3.45. The summed E-state index contributed by atoms with van der Waals surface area (Å²) in [5, 5.41) is 9.15. The molecule has 0 radical (unpaired) electrons. The first-order valence-corrected chi connectivity index (χ1v) is 13.2. The van der Waals surface area contributed by atoms with Crippen molar-refractivity contribution in [1.82, 2.24) is 14.5 Å². The lowest BCUT2D eigenvalue weighted by Gasteiger charge is -2.36. The summed E-state index contributed by atoms with van der Waals surface area (Å²) in [5.74, 6) is 0.